The van der Waals surface area contributed by atoms with E-state index in [0.29, 0.717) is 0 Å². The first kappa shape index (κ1) is 17.5. The number of benzene rings is 1. The van der Waals surface area contributed by atoms with Crippen molar-refractivity contribution in [3.63, 3.8) is 0 Å². The quantitative estimate of drug-likeness (QED) is 0.848. The van der Waals surface area contributed by atoms with Crippen LogP contribution in [0.4, 0.5) is 0 Å². The van der Waals surface area contributed by atoms with Crippen LogP contribution in [0.1, 0.15) is 29.3 Å². The van der Waals surface area contributed by atoms with Crippen molar-refractivity contribution in [3.05, 3.63) is 34.5 Å². The monoisotopic (exact) mass is 336 g/mol. The predicted molar refractivity (Wildman–Crippen MR) is 93.6 cm³/mol. The number of aromatic amines is 1. The number of carbonyl (C=O) groups excluding carboxylic acids is 1. The molecule has 23 heavy (non-hydrogen) atoms. The van der Waals surface area contributed by atoms with Crippen molar-refractivity contribution in [2.45, 2.75) is 34.1 Å². The van der Waals surface area contributed by atoms with Gasteiger partial charge < -0.3 is 10.3 Å². The van der Waals surface area contributed by atoms with Crippen LogP contribution in [0.15, 0.2) is 12.1 Å². The molecule has 1 amide bonds. The number of hydrogen-bond acceptors (Lipinski definition) is 3. The summed E-state index contributed by atoms with van der Waals surface area (Å²) in [6.07, 6.45) is 0.252. The van der Waals surface area contributed by atoms with Crippen LogP contribution in [0.2, 0.25) is 0 Å². The van der Waals surface area contributed by atoms with Gasteiger partial charge in [0.05, 0.1) is 12.2 Å². The zero-order valence-electron chi connectivity index (χ0n) is 14.1. The molecule has 0 unspecified atom stereocenters. The third-order valence-electron chi connectivity index (χ3n) is 4.20. The number of aryl methyl sites for hydroxylation is 3. The van der Waals surface area contributed by atoms with E-state index in [0.717, 1.165) is 33.3 Å². The van der Waals surface area contributed by atoms with Crippen molar-refractivity contribution in [3.8, 4) is 0 Å². The molecule has 0 saturated carbocycles. The maximum absolute atomic E-state index is 12.2. The highest BCUT2D eigenvalue weighted by Gasteiger charge is 2.16. The fourth-order valence-electron chi connectivity index (χ4n) is 2.75. The molecule has 5 nitrogen and oxygen atoms in total. The Balaban J connectivity index is 2.14. The summed E-state index contributed by atoms with van der Waals surface area (Å²) in [6, 6.07) is 4.12. The van der Waals surface area contributed by atoms with Gasteiger partial charge in [0.2, 0.25) is 5.91 Å². The van der Waals surface area contributed by atoms with E-state index >= 15 is 0 Å². The molecule has 0 aliphatic rings. The highest BCUT2D eigenvalue weighted by molar-refractivity contribution is 7.91. The van der Waals surface area contributed by atoms with E-state index in [1.54, 1.807) is 6.92 Å². The lowest BCUT2D eigenvalue weighted by atomic mass is 10.0. The van der Waals surface area contributed by atoms with E-state index < -0.39 is 9.84 Å². The summed E-state index contributed by atoms with van der Waals surface area (Å²) in [4.78, 5) is 15.5. The molecule has 2 aromatic rings. The molecule has 0 bridgehead atoms. The molecule has 0 aliphatic heterocycles. The Morgan fingerprint density at radius 3 is 2.48 bits per heavy atom. The SMILES string of the molecule is CCS(=O)(=O)CCNC(=O)Cc1c(C)[nH]c2c(C)ccc(C)c12. The Bertz CT molecular complexity index is 835. The van der Waals surface area contributed by atoms with Crippen molar-refractivity contribution < 1.29 is 13.2 Å². The predicted octanol–water partition coefficient (Wildman–Crippen LogP) is 2.19. The van der Waals surface area contributed by atoms with Crippen LogP contribution in [-0.4, -0.2) is 37.4 Å². The molecule has 1 heterocycles. The number of nitrogens with one attached hydrogen (secondary N) is 2. The molecule has 0 aliphatic carbocycles. The summed E-state index contributed by atoms with van der Waals surface area (Å²) in [7, 11) is -3.05. The van der Waals surface area contributed by atoms with Gasteiger partial charge in [0.15, 0.2) is 9.84 Å². The van der Waals surface area contributed by atoms with Crippen LogP contribution in [0, 0.1) is 20.8 Å². The van der Waals surface area contributed by atoms with Gasteiger partial charge in [0, 0.05) is 28.9 Å². The van der Waals surface area contributed by atoms with Gasteiger partial charge in [0.25, 0.3) is 0 Å². The van der Waals surface area contributed by atoms with Crippen LogP contribution in [0.3, 0.4) is 0 Å². The van der Waals surface area contributed by atoms with Crippen molar-refractivity contribution in [1.29, 1.82) is 0 Å². The Morgan fingerprint density at radius 2 is 1.83 bits per heavy atom. The van der Waals surface area contributed by atoms with Gasteiger partial charge in [-0.1, -0.05) is 19.1 Å². The third kappa shape index (κ3) is 3.93. The van der Waals surface area contributed by atoms with Crippen LogP contribution in [0.25, 0.3) is 10.9 Å². The van der Waals surface area contributed by atoms with Gasteiger partial charge in [-0.25, -0.2) is 8.42 Å². The topological polar surface area (TPSA) is 79.0 Å². The minimum atomic E-state index is -3.05. The number of hydrogen-bond donors (Lipinski definition) is 2. The van der Waals surface area contributed by atoms with Crippen molar-refractivity contribution in [2.24, 2.45) is 0 Å². The highest BCUT2D eigenvalue weighted by Crippen LogP contribution is 2.28. The van der Waals surface area contributed by atoms with Crippen LogP contribution >= 0.6 is 0 Å². The molecule has 0 fully saturated rings. The van der Waals surface area contributed by atoms with Gasteiger partial charge in [-0.3, -0.25) is 4.79 Å². The smallest absolute Gasteiger partial charge is 0.224 e. The van der Waals surface area contributed by atoms with Gasteiger partial charge in [-0.15, -0.1) is 0 Å². The van der Waals surface area contributed by atoms with Crippen LogP contribution in [0.5, 0.6) is 0 Å². The first-order valence-electron chi connectivity index (χ1n) is 7.79. The highest BCUT2D eigenvalue weighted by atomic mass is 32.2. The molecule has 0 radical (unpaired) electrons. The van der Waals surface area contributed by atoms with Gasteiger partial charge in [-0.2, -0.15) is 0 Å². The Morgan fingerprint density at radius 1 is 1.17 bits per heavy atom. The van der Waals surface area contributed by atoms with E-state index in [-0.39, 0.29) is 30.4 Å². The van der Waals surface area contributed by atoms with Gasteiger partial charge in [0.1, 0.15) is 0 Å². The Hall–Kier alpha value is -1.82. The van der Waals surface area contributed by atoms with Crippen LogP contribution in [-0.2, 0) is 21.1 Å². The number of aromatic nitrogens is 1. The minimum absolute atomic E-state index is 0.0136. The standard InChI is InChI=1S/C17H24N2O3S/c1-5-23(21,22)9-8-18-15(20)10-14-13(4)19-17-12(3)7-6-11(2)16(14)17/h6-7,19H,5,8-10H2,1-4H3,(H,18,20). The first-order valence-corrected chi connectivity index (χ1v) is 9.61. The molecule has 0 spiro atoms. The fraction of sp³-hybridized carbons (Fsp3) is 0.471. The Kier molecular flexibility index (Phi) is 5.14. The van der Waals surface area contributed by atoms with Crippen LogP contribution < -0.4 is 5.32 Å². The summed E-state index contributed by atoms with van der Waals surface area (Å²) < 4.78 is 22.9. The lowest BCUT2D eigenvalue weighted by molar-refractivity contribution is -0.120. The second-order valence-corrected chi connectivity index (χ2v) is 8.41. The minimum Gasteiger partial charge on any atom is -0.358 e. The second kappa shape index (κ2) is 6.74. The molecule has 6 heteroatoms. The molecule has 0 saturated heterocycles. The molecule has 1 aromatic carbocycles. The van der Waals surface area contributed by atoms with E-state index in [2.05, 4.69) is 22.4 Å². The number of sulfone groups is 1. The molecular formula is C17H24N2O3S. The van der Waals surface area contributed by atoms with E-state index in [4.69, 9.17) is 0 Å². The summed E-state index contributed by atoms with van der Waals surface area (Å²) >= 11 is 0. The Labute approximate surface area is 137 Å². The summed E-state index contributed by atoms with van der Waals surface area (Å²) in [5.41, 5.74) is 5.31. The lowest BCUT2D eigenvalue weighted by Gasteiger charge is -2.07. The van der Waals surface area contributed by atoms with E-state index in [1.165, 1.54) is 0 Å². The number of fused-ring (bicyclic) bond motifs is 1. The lowest BCUT2D eigenvalue weighted by Crippen LogP contribution is -2.30. The largest absolute Gasteiger partial charge is 0.358 e. The molecule has 1 aromatic heterocycles. The normalized spacial score (nSPS) is 11.8. The van der Waals surface area contributed by atoms with E-state index in [9.17, 15) is 13.2 Å². The maximum atomic E-state index is 12.2. The van der Waals surface area contributed by atoms with Gasteiger partial charge in [-0.05, 0) is 37.5 Å². The van der Waals surface area contributed by atoms with E-state index in [1.807, 2.05) is 20.8 Å². The summed E-state index contributed by atoms with van der Waals surface area (Å²) in [5, 5.41) is 3.80. The number of H-pyrrole nitrogens is 1. The van der Waals surface area contributed by atoms with Crippen molar-refractivity contribution in [2.75, 3.05) is 18.1 Å². The molecule has 0 atom stereocenters. The fourth-order valence-corrected chi connectivity index (χ4v) is 3.45. The summed E-state index contributed by atoms with van der Waals surface area (Å²) in [6.45, 7) is 7.80. The number of amides is 1. The summed E-state index contributed by atoms with van der Waals surface area (Å²) in [5.74, 6) is -0.0652. The molecule has 2 rings (SSSR count). The maximum Gasteiger partial charge on any atom is 0.224 e. The van der Waals surface area contributed by atoms with Gasteiger partial charge >= 0.3 is 0 Å². The number of rotatable bonds is 6. The molecule has 126 valence electrons. The van der Waals surface area contributed by atoms with Crippen molar-refractivity contribution >= 4 is 26.6 Å². The average molecular weight is 336 g/mol. The zero-order chi connectivity index (χ0) is 17.2. The number of carbonyl (C=O) groups is 1. The zero-order valence-corrected chi connectivity index (χ0v) is 14.9. The van der Waals surface area contributed by atoms with Crippen molar-refractivity contribution in [1.82, 2.24) is 10.3 Å². The first-order chi connectivity index (χ1) is 10.7. The third-order valence-corrected chi connectivity index (χ3v) is 5.91. The average Bonchev–Trinajstić information content (AvgIpc) is 2.81. The second-order valence-electron chi connectivity index (χ2n) is 5.94. The molecular weight excluding hydrogens is 312 g/mol. The molecule has 2 N–H and O–H groups in total.